The van der Waals surface area contributed by atoms with Crippen molar-refractivity contribution in [2.45, 2.75) is 0 Å². The highest BCUT2D eigenvalue weighted by Gasteiger charge is 2.10. The smallest absolute Gasteiger partial charge is 0.139 e. The van der Waals surface area contributed by atoms with Crippen molar-refractivity contribution >= 4 is 42.9 Å². The number of thiophene rings is 1. The van der Waals surface area contributed by atoms with Crippen LogP contribution in [0.3, 0.4) is 0 Å². The lowest BCUT2D eigenvalue weighted by Gasteiger charge is -2.00. The molecule has 1 heterocycles. The van der Waals surface area contributed by atoms with Crippen molar-refractivity contribution in [3.05, 3.63) is 24.3 Å². The molecule has 86 valence electrons. The van der Waals surface area contributed by atoms with Crippen LogP contribution < -0.4 is 11.5 Å². The second-order valence-corrected chi connectivity index (χ2v) is 5.00. The van der Waals surface area contributed by atoms with Crippen LogP contribution in [0.4, 0.5) is 11.4 Å². The van der Waals surface area contributed by atoms with Crippen molar-refractivity contribution in [1.82, 2.24) is 0 Å². The van der Waals surface area contributed by atoms with Gasteiger partial charge >= 0.3 is 0 Å². The van der Waals surface area contributed by atoms with Crippen molar-refractivity contribution in [2.24, 2.45) is 0 Å². The molecule has 0 radical (unpaired) electrons. The molecule has 0 amide bonds. The largest absolute Gasteiger partial charge is 0.506 e. The average molecular weight is 246 g/mol. The van der Waals surface area contributed by atoms with E-state index in [0.29, 0.717) is 11.4 Å². The van der Waals surface area contributed by atoms with Gasteiger partial charge in [-0.05, 0) is 24.3 Å². The Bertz CT molecular complexity index is 687. The van der Waals surface area contributed by atoms with Crippen molar-refractivity contribution in [3.8, 4) is 11.5 Å². The summed E-state index contributed by atoms with van der Waals surface area (Å²) in [5.74, 6) is 0.0991. The van der Waals surface area contributed by atoms with E-state index in [2.05, 4.69) is 0 Å². The first kappa shape index (κ1) is 10.0. The Balaban J connectivity index is 2.51. The molecule has 3 rings (SSSR count). The monoisotopic (exact) mass is 246 g/mol. The zero-order chi connectivity index (χ0) is 12.2. The first-order chi connectivity index (χ1) is 8.06. The third-order valence-electron chi connectivity index (χ3n) is 2.77. The van der Waals surface area contributed by atoms with Crippen LogP contribution in [0, 0.1) is 0 Å². The standard InChI is InChI=1S/C12H10N2O2S/c13-7-3-11-5(1-9(7)15)6-2-10(16)8(14)4-12(6)17-11/h1-4,15-16H,13-14H2. The van der Waals surface area contributed by atoms with E-state index >= 15 is 0 Å². The number of phenols is 2. The quantitative estimate of drug-likeness (QED) is 0.362. The fraction of sp³-hybridized carbons (Fsp3) is 0. The van der Waals surface area contributed by atoms with E-state index in [-0.39, 0.29) is 11.5 Å². The number of hydrogen-bond donors (Lipinski definition) is 4. The Labute approximate surface area is 101 Å². The van der Waals surface area contributed by atoms with Gasteiger partial charge in [-0.25, -0.2) is 0 Å². The maximum absolute atomic E-state index is 9.61. The van der Waals surface area contributed by atoms with E-state index in [9.17, 15) is 10.2 Å². The highest BCUT2D eigenvalue weighted by atomic mass is 32.1. The molecule has 0 unspecified atom stereocenters. The van der Waals surface area contributed by atoms with Crippen LogP contribution in [0.15, 0.2) is 24.3 Å². The fourth-order valence-corrected chi connectivity index (χ4v) is 3.04. The highest BCUT2D eigenvalue weighted by molar-refractivity contribution is 7.25. The molecule has 0 fully saturated rings. The molecule has 0 aliphatic carbocycles. The molecule has 0 aliphatic heterocycles. The third kappa shape index (κ3) is 1.36. The molecule has 17 heavy (non-hydrogen) atoms. The first-order valence-electron chi connectivity index (χ1n) is 4.99. The number of anilines is 2. The molecule has 6 N–H and O–H groups in total. The predicted octanol–water partition coefficient (Wildman–Crippen LogP) is 2.63. The Morgan fingerprint density at radius 3 is 1.59 bits per heavy atom. The molecule has 4 nitrogen and oxygen atoms in total. The van der Waals surface area contributed by atoms with E-state index in [1.807, 2.05) is 0 Å². The topological polar surface area (TPSA) is 92.5 Å². The molecule has 0 spiro atoms. The van der Waals surface area contributed by atoms with Crippen molar-refractivity contribution in [2.75, 3.05) is 11.5 Å². The van der Waals surface area contributed by atoms with Crippen LogP contribution in [0.1, 0.15) is 0 Å². The Morgan fingerprint density at radius 1 is 0.765 bits per heavy atom. The lowest BCUT2D eigenvalue weighted by atomic mass is 10.1. The van der Waals surface area contributed by atoms with Gasteiger partial charge in [0.1, 0.15) is 11.5 Å². The molecule has 5 heteroatoms. The number of phenolic OH excluding ortho intramolecular Hbond substituents is 2. The molecule has 0 bridgehead atoms. The van der Waals surface area contributed by atoms with E-state index in [1.54, 1.807) is 24.3 Å². The Hall–Kier alpha value is -2.14. The van der Waals surface area contributed by atoms with Gasteiger partial charge in [-0.2, -0.15) is 0 Å². The lowest BCUT2D eigenvalue weighted by molar-refractivity contribution is 0.478. The van der Waals surface area contributed by atoms with E-state index in [4.69, 9.17) is 11.5 Å². The number of aromatic hydroxyl groups is 2. The summed E-state index contributed by atoms with van der Waals surface area (Å²) in [5.41, 5.74) is 12.0. The number of fused-ring (bicyclic) bond motifs is 3. The fourth-order valence-electron chi connectivity index (χ4n) is 1.88. The molecule has 0 saturated carbocycles. The molecule has 0 saturated heterocycles. The number of nitrogen functional groups attached to an aromatic ring is 2. The van der Waals surface area contributed by atoms with Crippen molar-refractivity contribution in [1.29, 1.82) is 0 Å². The molecule has 2 aromatic carbocycles. The third-order valence-corrected chi connectivity index (χ3v) is 3.88. The van der Waals surface area contributed by atoms with Gasteiger partial charge in [0.05, 0.1) is 11.4 Å². The minimum absolute atomic E-state index is 0.0496. The van der Waals surface area contributed by atoms with Crippen LogP contribution in [0.2, 0.25) is 0 Å². The SMILES string of the molecule is Nc1cc2sc3cc(N)c(O)cc3c2cc1O. The van der Waals surface area contributed by atoms with Crippen molar-refractivity contribution in [3.63, 3.8) is 0 Å². The van der Waals surface area contributed by atoms with Crippen LogP contribution in [0.25, 0.3) is 20.2 Å². The van der Waals surface area contributed by atoms with Crippen molar-refractivity contribution < 1.29 is 10.2 Å². The molecule has 1 aromatic heterocycles. The summed E-state index contributed by atoms with van der Waals surface area (Å²) in [6.45, 7) is 0. The van der Waals surface area contributed by atoms with Crippen LogP contribution >= 0.6 is 11.3 Å². The number of rotatable bonds is 0. The number of hydrogen-bond acceptors (Lipinski definition) is 5. The first-order valence-corrected chi connectivity index (χ1v) is 5.81. The zero-order valence-electron chi connectivity index (χ0n) is 8.77. The van der Waals surface area contributed by atoms with Gasteiger partial charge in [0, 0.05) is 20.2 Å². The van der Waals surface area contributed by atoms with Gasteiger partial charge in [-0.15, -0.1) is 11.3 Å². The summed E-state index contributed by atoms with van der Waals surface area (Å²) < 4.78 is 1.92. The number of benzene rings is 2. The Kier molecular flexibility index (Phi) is 1.88. The minimum Gasteiger partial charge on any atom is -0.506 e. The van der Waals surface area contributed by atoms with Gasteiger partial charge in [0.25, 0.3) is 0 Å². The van der Waals surface area contributed by atoms with Gasteiger partial charge in [-0.3, -0.25) is 0 Å². The van der Waals surface area contributed by atoms with Gasteiger partial charge in [-0.1, -0.05) is 0 Å². The van der Waals surface area contributed by atoms with Crippen LogP contribution in [-0.2, 0) is 0 Å². The second-order valence-electron chi connectivity index (χ2n) is 3.92. The molecular formula is C12H10N2O2S. The summed E-state index contributed by atoms with van der Waals surface area (Å²) in [4.78, 5) is 0. The zero-order valence-corrected chi connectivity index (χ0v) is 9.58. The minimum atomic E-state index is 0.0496. The molecule has 0 atom stereocenters. The Morgan fingerprint density at radius 2 is 1.18 bits per heavy atom. The number of nitrogens with two attached hydrogens (primary N) is 2. The molecule has 0 aliphatic rings. The maximum atomic E-state index is 9.61. The maximum Gasteiger partial charge on any atom is 0.139 e. The normalized spacial score (nSPS) is 11.3. The summed E-state index contributed by atoms with van der Waals surface area (Å²) in [7, 11) is 0. The van der Waals surface area contributed by atoms with Gasteiger partial charge in [0.2, 0.25) is 0 Å². The van der Waals surface area contributed by atoms with Gasteiger partial charge in [0.15, 0.2) is 0 Å². The molecule has 3 aromatic rings. The summed E-state index contributed by atoms with van der Waals surface area (Å²) in [6.07, 6.45) is 0. The van der Waals surface area contributed by atoms with Crippen LogP contribution in [-0.4, -0.2) is 10.2 Å². The second kappa shape index (κ2) is 3.18. The summed E-state index contributed by atoms with van der Waals surface area (Å²) in [5, 5.41) is 21.0. The summed E-state index contributed by atoms with van der Waals surface area (Å²) in [6, 6.07) is 6.67. The highest BCUT2D eigenvalue weighted by Crippen LogP contribution is 2.41. The summed E-state index contributed by atoms with van der Waals surface area (Å²) >= 11 is 1.53. The van der Waals surface area contributed by atoms with E-state index in [0.717, 1.165) is 20.2 Å². The van der Waals surface area contributed by atoms with E-state index < -0.39 is 0 Å². The van der Waals surface area contributed by atoms with Gasteiger partial charge < -0.3 is 21.7 Å². The average Bonchev–Trinajstić information content (AvgIpc) is 2.58. The van der Waals surface area contributed by atoms with E-state index in [1.165, 1.54) is 11.3 Å². The molecular weight excluding hydrogens is 236 g/mol. The van der Waals surface area contributed by atoms with Crippen LogP contribution in [0.5, 0.6) is 11.5 Å². The lowest BCUT2D eigenvalue weighted by Crippen LogP contribution is -1.84. The predicted molar refractivity (Wildman–Crippen MR) is 71.5 cm³/mol.